The van der Waals surface area contributed by atoms with Gasteiger partial charge in [-0.1, -0.05) is 0 Å². The van der Waals surface area contributed by atoms with Crippen LogP contribution in [-0.4, -0.2) is 12.1 Å². The Morgan fingerprint density at radius 1 is 1.78 bits per heavy atom. The third-order valence-electron chi connectivity index (χ3n) is 0.952. The second-order valence-electron chi connectivity index (χ2n) is 1.55. The minimum atomic E-state index is -1.14. The summed E-state index contributed by atoms with van der Waals surface area (Å²) >= 11 is 0. The van der Waals surface area contributed by atoms with Crippen LogP contribution in [0.1, 0.15) is 6.42 Å². The summed E-state index contributed by atoms with van der Waals surface area (Å²) in [6.07, 6.45) is 2.72. The first kappa shape index (κ1) is 9.01. The zero-order valence-corrected chi connectivity index (χ0v) is 7.16. The Kier molecular flexibility index (Phi) is 3.93. The predicted octanol–water partition coefficient (Wildman–Crippen LogP) is -3.96. The number of rotatable bonds is 1. The molecule has 4 heteroatoms. The maximum Gasteiger partial charge on any atom is 1.00 e. The van der Waals surface area contributed by atoms with E-state index in [0.29, 0.717) is 6.42 Å². The Morgan fingerprint density at radius 3 is 2.67 bits per heavy atom. The largest absolute Gasteiger partial charge is 1.00 e. The molecule has 9 heavy (non-hydrogen) atoms. The van der Waals surface area contributed by atoms with Gasteiger partial charge in [-0.25, -0.2) is 0 Å². The van der Waals surface area contributed by atoms with Crippen LogP contribution in [0.5, 0.6) is 0 Å². The monoisotopic (exact) mass is 136 g/mol. The molecule has 1 atom stereocenters. The molecule has 1 heterocycles. The Hall–Kier alpha value is 0.0100. The van der Waals surface area contributed by atoms with Crippen LogP contribution in [0.3, 0.4) is 0 Å². The number of carboxylic acid groups (broad SMARTS) is 1. The van der Waals surface area contributed by atoms with E-state index in [1.54, 1.807) is 6.08 Å². The fraction of sp³-hybridized carbons (Fsp3) is 0.400. The number of carbonyl (C=O) groups excluding carboxylic acids is 1. The van der Waals surface area contributed by atoms with Crippen molar-refractivity contribution in [3.8, 4) is 0 Å². The van der Waals surface area contributed by atoms with Crippen LogP contribution in [-0.2, 0) is 9.53 Å². The Morgan fingerprint density at radius 2 is 2.44 bits per heavy atom. The Labute approximate surface area is 75.0 Å². The normalized spacial score (nSPS) is 22.4. The van der Waals surface area contributed by atoms with Crippen LogP contribution in [0, 0.1) is 0 Å². The molecule has 0 aromatic rings. The summed E-state index contributed by atoms with van der Waals surface area (Å²) in [5.41, 5.74) is 0. The number of hydrogen-bond donors (Lipinski definition) is 0. The van der Waals surface area contributed by atoms with E-state index in [2.05, 4.69) is 4.74 Å². The minimum Gasteiger partial charge on any atom is -0.546 e. The number of carbonyl (C=O) groups is 1. The van der Waals surface area contributed by atoms with E-state index in [1.165, 1.54) is 6.26 Å². The van der Waals surface area contributed by atoms with Crippen LogP contribution in [0.2, 0.25) is 0 Å². The van der Waals surface area contributed by atoms with E-state index in [1.807, 2.05) is 0 Å². The average molecular weight is 136 g/mol. The van der Waals surface area contributed by atoms with Crippen molar-refractivity contribution in [2.24, 2.45) is 0 Å². The predicted molar refractivity (Wildman–Crippen MR) is 23.6 cm³/mol. The van der Waals surface area contributed by atoms with Gasteiger partial charge in [-0.05, 0) is 6.08 Å². The molecule has 0 aliphatic carbocycles. The molecule has 3 nitrogen and oxygen atoms in total. The van der Waals surface area contributed by atoms with Crippen molar-refractivity contribution < 1.29 is 44.2 Å². The quantitative estimate of drug-likeness (QED) is 0.346. The van der Waals surface area contributed by atoms with Crippen molar-refractivity contribution in [2.45, 2.75) is 12.5 Å². The summed E-state index contributed by atoms with van der Waals surface area (Å²) in [6, 6.07) is 0. The van der Waals surface area contributed by atoms with Crippen molar-refractivity contribution in [2.75, 3.05) is 0 Å². The van der Waals surface area contributed by atoms with Crippen molar-refractivity contribution in [1.82, 2.24) is 0 Å². The minimum absolute atomic E-state index is 0. The smallest absolute Gasteiger partial charge is 0.546 e. The molecule has 0 bridgehead atoms. The first-order valence-corrected chi connectivity index (χ1v) is 2.32. The standard InChI is InChI=1S/C5H6O3.Na/c6-5(7)4-2-1-3-8-4;/h1,3-4H,2H2,(H,6,7);/q;+1/p-1. The zero-order valence-electron chi connectivity index (χ0n) is 5.16. The molecule has 1 aliphatic rings. The van der Waals surface area contributed by atoms with Gasteiger partial charge >= 0.3 is 29.6 Å². The second kappa shape index (κ2) is 3.93. The Balaban J connectivity index is 0.000000640. The van der Waals surface area contributed by atoms with Crippen molar-refractivity contribution in [1.29, 1.82) is 0 Å². The van der Waals surface area contributed by atoms with Crippen LogP contribution in [0.25, 0.3) is 0 Å². The fourth-order valence-electron chi connectivity index (χ4n) is 0.537. The van der Waals surface area contributed by atoms with Crippen LogP contribution in [0.15, 0.2) is 12.3 Å². The van der Waals surface area contributed by atoms with Gasteiger partial charge in [-0.15, -0.1) is 0 Å². The van der Waals surface area contributed by atoms with E-state index in [4.69, 9.17) is 0 Å². The third-order valence-corrected chi connectivity index (χ3v) is 0.952. The summed E-state index contributed by atoms with van der Waals surface area (Å²) in [5.74, 6) is -1.14. The van der Waals surface area contributed by atoms with Gasteiger partial charge < -0.3 is 14.6 Å². The van der Waals surface area contributed by atoms with E-state index < -0.39 is 12.1 Å². The Bertz CT molecular complexity index is 124. The molecule has 0 aromatic carbocycles. The van der Waals surface area contributed by atoms with E-state index in [9.17, 15) is 9.90 Å². The summed E-state index contributed by atoms with van der Waals surface area (Å²) < 4.78 is 4.57. The summed E-state index contributed by atoms with van der Waals surface area (Å²) in [6.45, 7) is 0. The topological polar surface area (TPSA) is 49.4 Å². The van der Waals surface area contributed by atoms with E-state index in [-0.39, 0.29) is 29.6 Å². The third kappa shape index (κ3) is 2.39. The first-order valence-electron chi connectivity index (χ1n) is 2.32. The average Bonchev–Trinajstić information content (AvgIpc) is 2.12. The van der Waals surface area contributed by atoms with E-state index >= 15 is 0 Å². The molecular formula is C5H5NaO3. The SMILES string of the molecule is O=C([O-])C1CC=CO1.[Na+]. The van der Waals surface area contributed by atoms with Gasteiger partial charge in [0.15, 0.2) is 0 Å². The first-order chi connectivity index (χ1) is 3.80. The van der Waals surface area contributed by atoms with Gasteiger partial charge in [0.1, 0.15) is 6.10 Å². The molecule has 0 saturated heterocycles. The molecule has 44 valence electrons. The van der Waals surface area contributed by atoms with Crippen molar-refractivity contribution >= 4 is 5.97 Å². The maximum atomic E-state index is 9.93. The molecule has 0 spiro atoms. The van der Waals surface area contributed by atoms with Crippen LogP contribution in [0.4, 0.5) is 0 Å². The molecule has 0 aromatic heterocycles. The van der Waals surface area contributed by atoms with Gasteiger partial charge in [-0.3, -0.25) is 0 Å². The molecule has 1 unspecified atom stereocenters. The molecule has 0 fully saturated rings. The van der Waals surface area contributed by atoms with Gasteiger partial charge in [0, 0.05) is 6.42 Å². The van der Waals surface area contributed by atoms with Crippen LogP contribution < -0.4 is 34.7 Å². The van der Waals surface area contributed by atoms with Gasteiger partial charge in [0.25, 0.3) is 0 Å². The fourth-order valence-corrected chi connectivity index (χ4v) is 0.537. The molecule has 0 N–H and O–H groups in total. The molecule has 0 saturated carbocycles. The number of hydrogen-bond acceptors (Lipinski definition) is 3. The van der Waals surface area contributed by atoms with E-state index in [0.717, 1.165) is 0 Å². The van der Waals surface area contributed by atoms with Gasteiger partial charge in [-0.2, -0.15) is 0 Å². The number of carboxylic acids is 1. The van der Waals surface area contributed by atoms with Crippen molar-refractivity contribution in [3.05, 3.63) is 12.3 Å². The summed E-state index contributed by atoms with van der Waals surface area (Å²) in [7, 11) is 0. The molecule has 0 amide bonds. The molecule has 0 radical (unpaired) electrons. The van der Waals surface area contributed by atoms with Gasteiger partial charge in [0.2, 0.25) is 0 Å². The maximum absolute atomic E-state index is 9.93. The number of aliphatic carboxylic acids is 1. The van der Waals surface area contributed by atoms with Crippen molar-refractivity contribution in [3.63, 3.8) is 0 Å². The number of ether oxygens (including phenoxy) is 1. The molecular weight excluding hydrogens is 131 g/mol. The van der Waals surface area contributed by atoms with Crippen LogP contribution >= 0.6 is 0 Å². The molecule has 1 aliphatic heterocycles. The second-order valence-corrected chi connectivity index (χ2v) is 1.55. The van der Waals surface area contributed by atoms with Gasteiger partial charge in [0.05, 0.1) is 12.2 Å². The summed E-state index contributed by atoms with van der Waals surface area (Å²) in [5, 5.41) is 9.93. The summed E-state index contributed by atoms with van der Waals surface area (Å²) in [4.78, 5) is 9.93. The zero-order chi connectivity index (χ0) is 5.98. The molecule has 1 rings (SSSR count).